The summed E-state index contributed by atoms with van der Waals surface area (Å²) in [6.45, 7) is 7.63. The SMILES string of the molecule is CC(C)C[C@@H](NC(=O)CNC(=O)[C@@H](CC(C)C)NC(=O)[C@@H](CCC(N)=O)NC(=O)CNC(=O)[C@H]1C[C@@H](O)CN1)C(=O)N[C@H](C)C(=O)NCC(=O)N1CCC[C@@H]1C(=O)N[C@H](CCCCN)C(=O)O. The zero-order chi connectivity index (χ0) is 50.4. The van der Waals surface area contributed by atoms with E-state index in [1.165, 1.54) is 11.8 Å². The molecular formula is C42H72N12O13. The highest BCUT2D eigenvalue weighted by atomic mass is 16.4. The lowest BCUT2D eigenvalue weighted by molar-refractivity contribution is -0.144. The fourth-order valence-electron chi connectivity index (χ4n) is 7.38. The number of carbonyl (C=O) groups is 11. The number of likely N-dealkylation sites (tertiary alicyclic amines) is 1. The maximum atomic E-state index is 13.4. The highest BCUT2D eigenvalue weighted by Crippen LogP contribution is 2.18. The van der Waals surface area contributed by atoms with Gasteiger partial charge in [-0.25, -0.2) is 4.79 Å². The molecule has 0 spiro atoms. The van der Waals surface area contributed by atoms with Crippen LogP contribution in [-0.2, 0) is 52.7 Å². The Morgan fingerprint density at radius 2 is 1.25 bits per heavy atom. The number of aliphatic hydroxyl groups excluding tert-OH is 1. The van der Waals surface area contributed by atoms with E-state index in [0.29, 0.717) is 32.2 Å². The van der Waals surface area contributed by atoms with Crippen LogP contribution in [-0.4, -0.2) is 168 Å². The van der Waals surface area contributed by atoms with Crippen LogP contribution in [0.15, 0.2) is 0 Å². The molecule has 0 radical (unpaired) electrons. The van der Waals surface area contributed by atoms with E-state index >= 15 is 0 Å². The summed E-state index contributed by atoms with van der Waals surface area (Å²) in [4.78, 5) is 142. The maximum absolute atomic E-state index is 13.4. The molecule has 2 fully saturated rings. The van der Waals surface area contributed by atoms with E-state index in [9.17, 15) is 63.0 Å². The largest absolute Gasteiger partial charge is 0.480 e. The van der Waals surface area contributed by atoms with Gasteiger partial charge in [0.05, 0.1) is 31.8 Å². The number of carbonyl (C=O) groups excluding carboxylic acids is 10. The zero-order valence-electron chi connectivity index (χ0n) is 39.1. The number of nitrogens with two attached hydrogens (primary N) is 2. The second kappa shape index (κ2) is 28.9. The summed E-state index contributed by atoms with van der Waals surface area (Å²) in [5, 5.41) is 41.9. The summed E-state index contributed by atoms with van der Waals surface area (Å²) in [6.07, 6.45) is 1.14. The van der Waals surface area contributed by atoms with Gasteiger partial charge in [-0.3, -0.25) is 47.9 Å². The van der Waals surface area contributed by atoms with E-state index < -0.39 is 133 Å². The van der Waals surface area contributed by atoms with Gasteiger partial charge >= 0.3 is 5.97 Å². The van der Waals surface area contributed by atoms with Gasteiger partial charge in [-0.15, -0.1) is 0 Å². The van der Waals surface area contributed by atoms with Crippen molar-refractivity contribution in [2.24, 2.45) is 23.3 Å². The number of amides is 10. The summed E-state index contributed by atoms with van der Waals surface area (Å²) >= 11 is 0. The summed E-state index contributed by atoms with van der Waals surface area (Å²) in [5.41, 5.74) is 10.8. The number of unbranched alkanes of at least 4 members (excludes halogenated alkanes) is 1. The van der Waals surface area contributed by atoms with Crippen molar-refractivity contribution in [1.29, 1.82) is 0 Å². The molecule has 0 unspecified atom stereocenters. The van der Waals surface area contributed by atoms with Crippen molar-refractivity contribution in [3.63, 3.8) is 0 Å². The van der Waals surface area contributed by atoms with Crippen LogP contribution in [0.2, 0.25) is 0 Å². The third-order valence-electron chi connectivity index (χ3n) is 10.9. The number of aliphatic hydroxyl groups is 1. The minimum Gasteiger partial charge on any atom is -0.480 e. The van der Waals surface area contributed by atoms with Gasteiger partial charge in [0.25, 0.3) is 0 Å². The van der Waals surface area contributed by atoms with Crippen molar-refractivity contribution in [1.82, 2.24) is 52.8 Å². The van der Waals surface area contributed by atoms with Crippen molar-refractivity contribution in [2.75, 3.05) is 39.3 Å². The van der Waals surface area contributed by atoms with Crippen LogP contribution in [0.25, 0.3) is 0 Å². The highest BCUT2D eigenvalue weighted by Gasteiger charge is 2.36. The van der Waals surface area contributed by atoms with E-state index in [2.05, 4.69) is 47.9 Å². The molecule has 25 nitrogen and oxygen atoms in total. The van der Waals surface area contributed by atoms with Crippen LogP contribution in [0.4, 0.5) is 0 Å². The molecule has 2 aliphatic rings. The van der Waals surface area contributed by atoms with Crippen molar-refractivity contribution in [2.45, 2.75) is 147 Å². The predicted octanol–water partition coefficient (Wildman–Crippen LogP) is -4.94. The van der Waals surface area contributed by atoms with Crippen molar-refractivity contribution in [3.8, 4) is 0 Å². The van der Waals surface area contributed by atoms with Crippen molar-refractivity contribution < 1.29 is 63.0 Å². The summed E-state index contributed by atoms with van der Waals surface area (Å²) in [7, 11) is 0. The maximum Gasteiger partial charge on any atom is 0.326 e. The Kier molecular flexibility index (Phi) is 24.7. The minimum atomic E-state index is -1.35. The lowest BCUT2D eigenvalue weighted by atomic mass is 10.0. The number of nitrogens with one attached hydrogen (secondary N) is 9. The number of aliphatic carboxylic acids is 1. The molecule has 15 N–H and O–H groups in total. The minimum absolute atomic E-state index is 0.0903. The predicted molar refractivity (Wildman–Crippen MR) is 239 cm³/mol. The molecule has 2 aliphatic heterocycles. The quantitative estimate of drug-likeness (QED) is 0.0313. The third kappa shape index (κ3) is 21.0. The van der Waals surface area contributed by atoms with E-state index in [1.54, 1.807) is 27.7 Å². The number of carboxylic acids is 1. The van der Waals surface area contributed by atoms with Crippen molar-refractivity contribution >= 4 is 65.0 Å². The van der Waals surface area contributed by atoms with Gasteiger partial charge in [0.1, 0.15) is 36.3 Å². The first-order valence-corrected chi connectivity index (χ1v) is 22.8. The fraction of sp³-hybridized carbons (Fsp3) is 0.738. The van der Waals surface area contributed by atoms with Gasteiger partial charge in [0.15, 0.2) is 0 Å². The summed E-state index contributed by atoms with van der Waals surface area (Å²) < 4.78 is 0. The normalized spacial score (nSPS) is 18.9. The van der Waals surface area contributed by atoms with Crippen molar-refractivity contribution in [3.05, 3.63) is 0 Å². The molecule has 378 valence electrons. The third-order valence-corrected chi connectivity index (χ3v) is 10.9. The van der Waals surface area contributed by atoms with Crippen LogP contribution < -0.4 is 59.3 Å². The molecule has 0 aliphatic carbocycles. The molecule has 0 aromatic rings. The number of nitrogens with zero attached hydrogens (tertiary/aromatic N) is 1. The number of hydrogen-bond donors (Lipinski definition) is 13. The molecule has 2 rings (SSSR count). The van der Waals surface area contributed by atoms with Gasteiger partial charge in [-0.1, -0.05) is 27.7 Å². The lowest BCUT2D eigenvalue weighted by Crippen LogP contribution is -2.57. The molecule has 8 atom stereocenters. The highest BCUT2D eigenvalue weighted by molar-refractivity contribution is 5.97. The number of β-amino-alcohol motifs (C(OH)–C–C–N with tert-alkyl or cyclic N) is 1. The average molecular weight is 953 g/mol. The van der Waals surface area contributed by atoms with E-state index in [1.807, 2.05) is 0 Å². The topological polar surface area (TPSA) is 392 Å². The van der Waals surface area contributed by atoms with Crippen LogP contribution in [0.3, 0.4) is 0 Å². The van der Waals surface area contributed by atoms with Gasteiger partial charge < -0.3 is 74.4 Å². The Labute approximate surface area is 389 Å². The zero-order valence-corrected chi connectivity index (χ0v) is 39.1. The molecular weight excluding hydrogens is 881 g/mol. The molecule has 0 saturated carbocycles. The van der Waals surface area contributed by atoms with Crippen LogP contribution in [0, 0.1) is 11.8 Å². The first-order valence-electron chi connectivity index (χ1n) is 22.8. The number of rotatable bonds is 29. The van der Waals surface area contributed by atoms with Gasteiger partial charge in [-0.05, 0) is 83.1 Å². The molecule has 2 saturated heterocycles. The molecule has 0 bridgehead atoms. The second-order valence-corrected chi connectivity index (χ2v) is 17.7. The standard InChI is InChI=1S/C42H72N12O13/c1-22(2)15-29(53-39(63)26(11-12-32(44)56)50-33(57)19-46-37(61)28-17-25(55)18-45-28)38(62)47-20-34(58)51-30(16-23(3)4)40(64)49-24(5)36(60)48-21-35(59)54-14-8-10-31(54)41(65)52-27(42(66)67)9-6-7-13-43/h22-31,45,55H,6-21,43H2,1-5H3,(H2,44,56)(H,46,61)(H,47,62)(H,48,60)(H,49,64)(H,50,57)(H,51,58)(H,52,65)(H,53,63)(H,66,67)/t24-,25-,26-,27-,28-,29-,30-,31-/m1/s1. The smallest absolute Gasteiger partial charge is 0.326 e. The van der Waals surface area contributed by atoms with Crippen LogP contribution >= 0.6 is 0 Å². The first-order chi connectivity index (χ1) is 31.5. The monoisotopic (exact) mass is 953 g/mol. The van der Waals surface area contributed by atoms with Gasteiger partial charge in [0, 0.05) is 19.5 Å². The molecule has 67 heavy (non-hydrogen) atoms. The Hall–Kier alpha value is -5.95. The molecule has 2 heterocycles. The van der Waals surface area contributed by atoms with E-state index in [-0.39, 0.29) is 63.5 Å². The van der Waals surface area contributed by atoms with Gasteiger partial charge in [-0.2, -0.15) is 0 Å². The molecule has 25 heteroatoms. The van der Waals surface area contributed by atoms with Gasteiger partial charge in [0.2, 0.25) is 59.1 Å². The first kappa shape index (κ1) is 57.2. The molecule has 0 aromatic heterocycles. The van der Waals surface area contributed by atoms with E-state index in [4.69, 9.17) is 11.5 Å². The fourth-order valence-corrected chi connectivity index (χ4v) is 7.38. The lowest BCUT2D eigenvalue weighted by Gasteiger charge is -2.26. The second-order valence-electron chi connectivity index (χ2n) is 17.7. The summed E-state index contributed by atoms with van der Waals surface area (Å²) in [5.74, 6) is -8.65. The Balaban J connectivity index is 1.98. The van der Waals surface area contributed by atoms with E-state index in [0.717, 1.165) is 0 Å². The average Bonchev–Trinajstić information content (AvgIpc) is 3.93. The molecule has 0 aromatic carbocycles. The van der Waals surface area contributed by atoms with Crippen LogP contribution in [0.5, 0.6) is 0 Å². The molecule has 10 amide bonds. The van der Waals surface area contributed by atoms with Crippen LogP contribution in [0.1, 0.15) is 98.8 Å². The summed E-state index contributed by atoms with van der Waals surface area (Å²) in [6, 6.07) is -7.70. The Morgan fingerprint density at radius 3 is 1.82 bits per heavy atom. The number of carboxylic acid groups (broad SMARTS) is 1. The number of primary amides is 1. The Bertz CT molecular complexity index is 1770. The number of hydrogen-bond acceptors (Lipinski definition) is 14. The Morgan fingerprint density at radius 1 is 0.672 bits per heavy atom.